The first-order chi connectivity index (χ1) is 14.3. The maximum Gasteiger partial charge on any atom is 0.245 e. The van der Waals surface area contributed by atoms with E-state index in [1.54, 1.807) is 9.58 Å². The van der Waals surface area contributed by atoms with E-state index < -0.39 is 0 Å². The number of carbonyl (C=O) groups is 2. The minimum atomic E-state index is -0.196. The summed E-state index contributed by atoms with van der Waals surface area (Å²) < 4.78 is 1.76. The molecule has 6 nitrogen and oxygen atoms in total. The highest BCUT2D eigenvalue weighted by Gasteiger charge is 2.27. The van der Waals surface area contributed by atoms with Crippen molar-refractivity contribution in [1.29, 1.82) is 0 Å². The van der Waals surface area contributed by atoms with Crippen LogP contribution in [0.4, 0.5) is 5.82 Å². The third-order valence-electron chi connectivity index (χ3n) is 5.73. The molecular weight excluding hydrogens is 376 g/mol. The van der Waals surface area contributed by atoms with Gasteiger partial charge in [0.2, 0.25) is 11.8 Å². The van der Waals surface area contributed by atoms with E-state index in [1.165, 1.54) is 6.42 Å². The molecule has 1 heterocycles. The van der Waals surface area contributed by atoms with E-state index in [1.807, 2.05) is 43.3 Å². The number of hydrogen-bond acceptors (Lipinski definition) is 3. The number of nitrogens with zero attached hydrogens (tertiary/aromatic N) is 3. The second-order valence-electron chi connectivity index (χ2n) is 9.15. The van der Waals surface area contributed by atoms with Crippen molar-refractivity contribution in [2.75, 3.05) is 18.4 Å². The molecule has 1 aromatic carbocycles. The normalized spacial score (nSPS) is 15.1. The SMILES string of the molecule is CCN(CC(=O)Nc1cc(C(C)(C)C)nn1-c1ccccc1)C(=O)C1CCCCC1. The van der Waals surface area contributed by atoms with E-state index >= 15 is 0 Å². The van der Waals surface area contributed by atoms with Gasteiger partial charge in [0.1, 0.15) is 5.82 Å². The third-order valence-corrected chi connectivity index (χ3v) is 5.73. The maximum atomic E-state index is 12.9. The molecule has 0 unspecified atom stereocenters. The molecule has 2 aromatic rings. The Morgan fingerprint density at radius 1 is 1.13 bits per heavy atom. The molecule has 0 saturated heterocycles. The number of aromatic nitrogens is 2. The fraction of sp³-hybridized carbons (Fsp3) is 0.542. The van der Waals surface area contributed by atoms with Gasteiger partial charge in [0, 0.05) is 23.9 Å². The van der Waals surface area contributed by atoms with Gasteiger partial charge in [-0.25, -0.2) is 4.68 Å². The van der Waals surface area contributed by atoms with Gasteiger partial charge >= 0.3 is 0 Å². The van der Waals surface area contributed by atoms with Crippen LogP contribution in [0.15, 0.2) is 36.4 Å². The van der Waals surface area contributed by atoms with E-state index in [-0.39, 0.29) is 29.7 Å². The zero-order chi connectivity index (χ0) is 21.7. The highest BCUT2D eigenvalue weighted by molar-refractivity contribution is 5.94. The van der Waals surface area contributed by atoms with E-state index in [4.69, 9.17) is 5.10 Å². The highest BCUT2D eigenvalue weighted by atomic mass is 16.2. The lowest BCUT2D eigenvalue weighted by Gasteiger charge is -2.28. The smallest absolute Gasteiger partial charge is 0.245 e. The quantitative estimate of drug-likeness (QED) is 0.760. The van der Waals surface area contributed by atoms with Crippen LogP contribution in [-0.4, -0.2) is 39.6 Å². The molecule has 3 rings (SSSR count). The van der Waals surface area contributed by atoms with Gasteiger partial charge in [-0.15, -0.1) is 0 Å². The van der Waals surface area contributed by atoms with Gasteiger partial charge < -0.3 is 10.2 Å². The number of likely N-dealkylation sites (N-methyl/N-ethyl adjacent to an activating group) is 1. The predicted octanol–water partition coefficient (Wildman–Crippen LogP) is 4.54. The maximum absolute atomic E-state index is 12.9. The summed E-state index contributed by atoms with van der Waals surface area (Å²) in [5.74, 6) is 0.601. The first-order valence-corrected chi connectivity index (χ1v) is 11.0. The van der Waals surface area contributed by atoms with Gasteiger partial charge in [0.15, 0.2) is 0 Å². The summed E-state index contributed by atoms with van der Waals surface area (Å²) in [7, 11) is 0. The number of carbonyl (C=O) groups excluding carboxylic acids is 2. The topological polar surface area (TPSA) is 67.2 Å². The van der Waals surface area contributed by atoms with Crippen molar-refractivity contribution in [2.24, 2.45) is 5.92 Å². The summed E-state index contributed by atoms with van der Waals surface area (Å²) in [5.41, 5.74) is 1.63. The number of para-hydroxylation sites is 1. The Hall–Kier alpha value is -2.63. The molecular formula is C24H34N4O2. The van der Waals surface area contributed by atoms with Crippen LogP contribution in [0.5, 0.6) is 0 Å². The molecule has 0 bridgehead atoms. The van der Waals surface area contributed by atoms with E-state index in [0.29, 0.717) is 12.4 Å². The van der Waals surface area contributed by atoms with Crippen LogP contribution in [0.2, 0.25) is 0 Å². The first-order valence-electron chi connectivity index (χ1n) is 11.0. The zero-order valence-electron chi connectivity index (χ0n) is 18.6. The van der Waals surface area contributed by atoms with Gasteiger partial charge in [0.25, 0.3) is 0 Å². The van der Waals surface area contributed by atoms with E-state index in [0.717, 1.165) is 37.1 Å². The number of amides is 2. The molecule has 0 spiro atoms. The van der Waals surface area contributed by atoms with Crippen molar-refractivity contribution in [3.63, 3.8) is 0 Å². The van der Waals surface area contributed by atoms with Crippen LogP contribution >= 0.6 is 0 Å². The first kappa shape index (κ1) is 22.1. The minimum Gasteiger partial charge on any atom is -0.333 e. The van der Waals surface area contributed by atoms with Crippen molar-refractivity contribution in [3.8, 4) is 5.69 Å². The Labute approximate surface area is 179 Å². The number of hydrogen-bond donors (Lipinski definition) is 1. The summed E-state index contributed by atoms with van der Waals surface area (Å²) >= 11 is 0. The Morgan fingerprint density at radius 3 is 2.40 bits per heavy atom. The van der Waals surface area contributed by atoms with Crippen molar-refractivity contribution in [3.05, 3.63) is 42.1 Å². The predicted molar refractivity (Wildman–Crippen MR) is 120 cm³/mol. The molecule has 1 saturated carbocycles. The van der Waals surface area contributed by atoms with Gasteiger partial charge in [-0.3, -0.25) is 9.59 Å². The molecule has 1 aliphatic rings. The molecule has 1 aliphatic carbocycles. The Kier molecular flexibility index (Phi) is 6.95. The van der Waals surface area contributed by atoms with Crippen LogP contribution in [0.25, 0.3) is 5.69 Å². The Balaban J connectivity index is 1.76. The minimum absolute atomic E-state index is 0.0637. The molecule has 0 aliphatic heterocycles. The van der Waals surface area contributed by atoms with Crippen LogP contribution < -0.4 is 5.32 Å². The lowest BCUT2D eigenvalue weighted by atomic mass is 9.88. The number of rotatable bonds is 6. The van der Waals surface area contributed by atoms with Crippen molar-refractivity contribution in [2.45, 2.75) is 65.2 Å². The third kappa shape index (κ3) is 5.29. The van der Waals surface area contributed by atoms with Crippen LogP contribution in [-0.2, 0) is 15.0 Å². The molecule has 2 amide bonds. The van der Waals surface area contributed by atoms with Gasteiger partial charge in [-0.2, -0.15) is 5.10 Å². The molecule has 0 radical (unpaired) electrons. The monoisotopic (exact) mass is 410 g/mol. The second-order valence-corrected chi connectivity index (χ2v) is 9.15. The molecule has 1 aromatic heterocycles. The number of nitrogens with one attached hydrogen (secondary N) is 1. The molecule has 6 heteroatoms. The van der Waals surface area contributed by atoms with E-state index in [2.05, 4.69) is 26.1 Å². The second kappa shape index (κ2) is 9.45. The fourth-order valence-corrected chi connectivity index (χ4v) is 3.91. The lowest BCUT2D eigenvalue weighted by molar-refractivity contribution is -0.139. The van der Waals surface area contributed by atoms with Gasteiger partial charge in [-0.05, 0) is 31.9 Å². The molecule has 162 valence electrons. The van der Waals surface area contributed by atoms with Gasteiger partial charge in [-0.1, -0.05) is 58.2 Å². The fourth-order valence-electron chi connectivity index (χ4n) is 3.91. The molecule has 1 fully saturated rings. The number of benzene rings is 1. The van der Waals surface area contributed by atoms with E-state index in [9.17, 15) is 9.59 Å². The largest absolute Gasteiger partial charge is 0.333 e. The van der Waals surface area contributed by atoms with Gasteiger partial charge in [0.05, 0.1) is 17.9 Å². The summed E-state index contributed by atoms with van der Waals surface area (Å²) in [4.78, 5) is 27.4. The lowest BCUT2D eigenvalue weighted by Crippen LogP contribution is -2.41. The summed E-state index contributed by atoms with van der Waals surface area (Å²) in [6, 6.07) is 11.7. The zero-order valence-corrected chi connectivity index (χ0v) is 18.6. The average Bonchev–Trinajstić information content (AvgIpc) is 3.17. The van der Waals surface area contributed by atoms with Crippen molar-refractivity contribution < 1.29 is 9.59 Å². The van der Waals surface area contributed by atoms with Crippen LogP contribution in [0.3, 0.4) is 0 Å². The highest BCUT2D eigenvalue weighted by Crippen LogP contribution is 2.27. The number of anilines is 1. The Bertz CT molecular complexity index is 861. The summed E-state index contributed by atoms with van der Waals surface area (Å²) in [5, 5.41) is 7.73. The van der Waals surface area contributed by atoms with Crippen LogP contribution in [0.1, 0.15) is 65.5 Å². The molecule has 0 atom stereocenters. The molecule has 30 heavy (non-hydrogen) atoms. The van der Waals surface area contributed by atoms with Crippen molar-refractivity contribution in [1.82, 2.24) is 14.7 Å². The average molecular weight is 411 g/mol. The summed E-state index contributed by atoms with van der Waals surface area (Å²) in [6.45, 7) is 8.82. The molecule has 1 N–H and O–H groups in total. The standard InChI is InChI=1S/C24H34N4O2/c1-5-27(23(30)18-12-8-6-9-13-18)17-22(29)25-21-16-20(24(2,3)4)26-28(21)19-14-10-7-11-15-19/h7,10-11,14-16,18H,5-6,8-9,12-13,17H2,1-4H3,(H,25,29). The summed E-state index contributed by atoms with van der Waals surface area (Å²) in [6.07, 6.45) is 5.29. The van der Waals surface area contributed by atoms with Crippen LogP contribution in [0, 0.1) is 5.92 Å². The Morgan fingerprint density at radius 2 is 1.80 bits per heavy atom. The van der Waals surface area contributed by atoms with Crippen molar-refractivity contribution >= 4 is 17.6 Å².